The van der Waals surface area contributed by atoms with E-state index in [1.54, 1.807) is 0 Å². The van der Waals surface area contributed by atoms with Crippen molar-refractivity contribution in [3.8, 4) is 0 Å². The lowest BCUT2D eigenvalue weighted by Gasteiger charge is -2.27. The van der Waals surface area contributed by atoms with E-state index in [9.17, 15) is 4.79 Å². The van der Waals surface area contributed by atoms with Crippen LogP contribution in [0.2, 0.25) is 0 Å². The lowest BCUT2D eigenvalue weighted by atomic mass is 9.99. The van der Waals surface area contributed by atoms with Crippen molar-refractivity contribution in [1.29, 1.82) is 5.41 Å². The second-order valence-electron chi connectivity index (χ2n) is 4.06. The SMILES string of the molecule is C=N.CN1CC=C(CNC(=O)CO)c2ccccc21. The third kappa shape index (κ3) is 3.66. The fourth-order valence-electron chi connectivity index (χ4n) is 1.95. The van der Waals surface area contributed by atoms with Gasteiger partial charge in [-0.1, -0.05) is 24.3 Å². The first kappa shape index (κ1) is 14.9. The molecule has 3 N–H and O–H groups in total. The zero-order chi connectivity index (χ0) is 14.3. The Balaban J connectivity index is 0.000000861. The van der Waals surface area contributed by atoms with E-state index in [2.05, 4.69) is 29.1 Å². The summed E-state index contributed by atoms with van der Waals surface area (Å²) in [6.45, 7) is 3.33. The first-order chi connectivity index (χ1) is 9.22. The van der Waals surface area contributed by atoms with Gasteiger partial charge in [-0.3, -0.25) is 4.79 Å². The number of carbonyl (C=O) groups is 1. The maximum Gasteiger partial charge on any atom is 0.245 e. The van der Waals surface area contributed by atoms with Crippen LogP contribution >= 0.6 is 0 Å². The van der Waals surface area contributed by atoms with E-state index in [0.29, 0.717) is 6.54 Å². The van der Waals surface area contributed by atoms with Crippen molar-refractivity contribution >= 4 is 23.9 Å². The third-order valence-corrected chi connectivity index (χ3v) is 2.89. The van der Waals surface area contributed by atoms with Crippen molar-refractivity contribution in [1.82, 2.24) is 5.32 Å². The molecule has 0 unspecified atom stereocenters. The van der Waals surface area contributed by atoms with Crippen LogP contribution in [0.5, 0.6) is 0 Å². The van der Waals surface area contributed by atoms with Crippen LogP contribution in [0.4, 0.5) is 5.69 Å². The summed E-state index contributed by atoms with van der Waals surface area (Å²) in [5.74, 6) is -0.345. The number of nitrogens with zero attached hydrogens (tertiary/aromatic N) is 1. The molecule has 0 fully saturated rings. The second kappa shape index (κ2) is 7.33. The Morgan fingerprint density at radius 3 is 2.84 bits per heavy atom. The molecular formula is C14H19N3O2. The van der Waals surface area contributed by atoms with Gasteiger partial charge in [0.1, 0.15) is 6.61 Å². The Morgan fingerprint density at radius 1 is 1.47 bits per heavy atom. The van der Waals surface area contributed by atoms with E-state index in [0.717, 1.165) is 17.7 Å². The van der Waals surface area contributed by atoms with Crippen LogP contribution < -0.4 is 10.2 Å². The van der Waals surface area contributed by atoms with E-state index in [1.807, 2.05) is 25.2 Å². The van der Waals surface area contributed by atoms with Crippen molar-refractivity contribution in [3.63, 3.8) is 0 Å². The number of hydrogen-bond donors (Lipinski definition) is 3. The Kier molecular flexibility index (Phi) is 5.75. The number of aliphatic hydroxyl groups is 1. The number of rotatable bonds is 3. The number of anilines is 1. The summed E-state index contributed by atoms with van der Waals surface area (Å²) in [5, 5.41) is 16.8. The molecule has 0 atom stereocenters. The second-order valence-corrected chi connectivity index (χ2v) is 4.06. The van der Waals surface area contributed by atoms with Crippen molar-refractivity contribution in [3.05, 3.63) is 35.9 Å². The van der Waals surface area contributed by atoms with E-state index < -0.39 is 6.61 Å². The molecular weight excluding hydrogens is 242 g/mol. The predicted molar refractivity (Wildman–Crippen MR) is 77.6 cm³/mol. The number of hydrogen-bond acceptors (Lipinski definition) is 4. The van der Waals surface area contributed by atoms with Crippen molar-refractivity contribution in [2.45, 2.75) is 0 Å². The Hall–Kier alpha value is -2.14. The number of nitrogens with one attached hydrogen (secondary N) is 2. The average molecular weight is 261 g/mol. The minimum absolute atomic E-state index is 0.345. The standard InChI is InChI=1S/C13H16N2O2.CH3N/c1-15-7-6-10(8-14-13(17)9-16)11-4-2-3-5-12(11)15;1-2/h2-6,16H,7-9H2,1H3,(H,14,17);2H,1H2. The molecule has 5 heteroatoms. The quantitative estimate of drug-likeness (QED) is 0.707. The maximum atomic E-state index is 11.0. The van der Waals surface area contributed by atoms with Crippen LogP contribution in [0, 0.1) is 5.41 Å². The number of likely N-dealkylation sites (N-methyl/N-ethyl adjacent to an activating group) is 1. The van der Waals surface area contributed by atoms with Gasteiger partial charge in [-0.25, -0.2) is 0 Å². The molecule has 1 aliphatic heterocycles. The molecule has 1 aromatic rings. The van der Waals surface area contributed by atoms with Gasteiger partial charge in [0.2, 0.25) is 5.91 Å². The Morgan fingerprint density at radius 2 is 2.16 bits per heavy atom. The molecule has 0 saturated carbocycles. The zero-order valence-corrected chi connectivity index (χ0v) is 11.0. The lowest BCUT2D eigenvalue weighted by molar-refractivity contribution is -0.123. The summed E-state index contributed by atoms with van der Waals surface area (Å²) < 4.78 is 0. The first-order valence-electron chi connectivity index (χ1n) is 5.95. The number of amides is 1. The highest BCUT2D eigenvalue weighted by Gasteiger charge is 2.15. The van der Waals surface area contributed by atoms with Gasteiger partial charge in [0.05, 0.1) is 0 Å². The average Bonchev–Trinajstić information content (AvgIpc) is 2.48. The lowest BCUT2D eigenvalue weighted by Crippen LogP contribution is -2.30. The normalized spacial score (nSPS) is 12.7. The molecule has 0 spiro atoms. The summed E-state index contributed by atoms with van der Waals surface area (Å²) in [4.78, 5) is 13.2. The van der Waals surface area contributed by atoms with Crippen LogP contribution in [0.3, 0.4) is 0 Å². The van der Waals surface area contributed by atoms with Gasteiger partial charge in [0.25, 0.3) is 0 Å². The monoisotopic (exact) mass is 261 g/mol. The molecule has 0 aliphatic carbocycles. The molecule has 0 saturated heterocycles. The molecule has 1 heterocycles. The van der Waals surface area contributed by atoms with Gasteiger partial charge < -0.3 is 20.7 Å². The fraction of sp³-hybridized carbons (Fsp3) is 0.286. The molecule has 2 rings (SSSR count). The largest absolute Gasteiger partial charge is 0.387 e. The predicted octanol–water partition coefficient (Wildman–Crippen LogP) is 0.894. The number of para-hydroxylation sites is 1. The van der Waals surface area contributed by atoms with Gasteiger partial charge in [0, 0.05) is 31.4 Å². The highest BCUT2D eigenvalue weighted by molar-refractivity contribution is 5.84. The summed E-state index contributed by atoms with van der Waals surface area (Å²) >= 11 is 0. The highest BCUT2D eigenvalue weighted by Crippen LogP contribution is 2.29. The molecule has 1 aromatic carbocycles. The van der Waals surface area contributed by atoms with Crippen LogP contribution in [0.25, 0.3) is 5.57 Å². The van der Waals surface area contributed by atoms with Crippen LogP contribution in [-0.2, 0) is 4.79 Å². The molecule has 0 bridgehead atoms. The summed E-state index contributed by atoms with van der Waals surface area (Å²) in [6.07, 6.45) is 2.10. The van der Waals surface area contributed by atoms with Crippen molar-refractivity contribution in [2.24, 2.45) is 0 Å². The summed E-state index contributed by atoms with van der Waals surface area (Å²) in [5.41, 5.74) is 3.41. The smallest absolute Gasteiger partial charge is 0.245 e. The zero-order valence-electron chi connectivity index (χ0n) is 11.0. The maximum absolute atomic E-state index is 11.0. The number of benzene rings is 1. The summed E-state index contributed by atoms with van der Waals surface area (Å²) in [6, 6.07) is 8.10. The minimum atomic E-state index is -0.463. The van der Waals surface area contributed by atoms with Gasteiger partial charge in [0.15, 0.2) is 0 Å². The summed E-state index contributed by atoms with van der Waals surface area (Å²) in [7, 11) is 2.04. The number of fused-ring (bicyclic) bond motifs is 1. The molecule has 0 aromatic heterocycles. The van der Waals surface area contributed by atoms with E-state index >= 15 is 0 Å². The molecule has 19 heavy (non-hydrogen) atoms. The van der Waals surface area contributed by atoms with Gasteiger partial charge in [-0.15, -0.1) is 0 Å². The highest BCUT2D eigenvalue weighted by atomic mass is 16.3. The van der Waals surface area contributed by atoms with E-state index in [-0.39, 0.29) is 5.91 Å². The molecule has 102 valence electrons. The molecule has 1 aliphatic rings. The van der Waals surface area contributed by atoms with Crippen molar-refractivity contribution in [2.75, 3.05) is 31.6 Å². The minimum Gasteiger partial charge on any atom is -0.387 e. The number of carbonyl (C=O) groups excluding carboxylic acids is 1. The van der Waals surface area contributed by atoms with Crippen LogP contribution in [0.1, 0.15) is 5.56 Å². The first-order valence-corrected chi connectivity index (χ1v) is 5.95. The van der Waals surface area contributed by atoms with Crippen molar-refractivity contribution < 1.29 is 9.90 Å². The van der Waals surface area contributed by atoms with Crippen LogP contribution in [0.15, 0.2) is 30.3 Å². The Bertz CT molecular complexity index is 472. The van der Waals surface area contributed by atoms with Gasteiger partial charge >= 0.3 is 0 Å². The number of aliphatic hydroxyl groups excluding tert-OH is 1. The molecule has 5 nitrogen and oxygen atoms in total. The van der Waals surface area contributed by atoms with Gasteiger partial charge in [-0.05, 0) is 18.4 Å². The van der Waals surface area contributed by atoms with E-state index in [1.165, 1.54) is 5.69 Å². The topological polar surface area (TPSA) is 76.4 Å². The van der Waals surface area contributed by atoms with Gasteiger partial charge in [-0.2, -0.15) is 0 Å². The molecule has 1 amide bonds. The third-order valence-electron chi connectivity index (χ3n) is 2.89. The van der Waals surface area contributed by atoms with Crippen LogP contribution in [-0.4, -0.2) is 44.5 Å². The van der Waals surface area contributed by atoms with E-state index in [4.69, 9.17) is 10.5 Å². The Labute approximate surface area is 113 Å². The molecule has 0 radical (unpaired) electrons. The fourth-order valence-corrected chi connectivity index (χ4v) is 1.95.